The third-order valence-electron chi connectivity index (χ3n) is 3.99. The minimum Gasteiger partial charge on any atom is -0.335 e. The topological polar surface area (TPSA) is 46.9 Å². The zero-order chi connectivity index (χ0) is 14.1. The average Bonchev–Trinajstić information content (AvgIpc) is 2.90. The van der Waals surface area contributed by atoms with Crippen molar-refractivity contribution in [3.63, 3.8) is 0 Å². The van der Waals surface area contributed by atoms with Gasteiger partial charge in [0.1, 0.15) is 0 Å². The molecule has 1 N–H and O–H groups in total. The van der Waals surface area contributed by atoms with Crippen LogP contribution in [0.3, 0.4) is 0 Å². The molecule has 1 atom stereocenters. The first-order valence-corrected chi connectivity index (χ1v) is 7.00. The molecule has 1 aromatic carbocycles. The molecule has 2 heterocycles. The third-order valence-corrected chi connectivity index (χ3v) is 3.99. The van der Waals surface area contributed by atoms with Crippen molar-refractivity contribution in [2.45, 2.75) is 33.2 Å². The normalized spacial score (nSPS) is 17.6. The molecule has 0 spiro atoms. The highest BCUT2D eigenvalue weighted by Crippen LogP contribution is 2.23. The largest absolute Gasteiger partial charge is 0.335 e. The lowest BCUT2D eigenvalue weighted by molar-refractivity contribution is -0.120. The molecule has 0 saturated carbocycles. The van der Waals surface area contributed by atoms with Gasteiger partial charge in [-0.3, -0.25) is 4.79 Å². The van der Waals surface area contributed by atoms with Crippen molar-refractivity contribution in [3.05, 3.63) is 47.5 Å². The van der Waals surface area contributed by atoms with Gasteiger partial charge < -0.3 is 9.88 Å². The number of carbonyl (C=O) groups excluding carboxylic acids is 1. The van der Waals surface area contributed by atoms with Crippen molar-refractivity contribution in [3.8, 4) is 0 Å². The molecule has 3 rings (SSSR count). The quantitative estimate of drug-likeness (QED) is 0.911. The van der Waals surface area contributed by atoms with Crippen LogP contribution >= 0.6 is 0 Å². The van der Waals surface area contributed by atoms with Gasteiger partial charge in [0.15, 0.2) is 0 Å². The van der Waals surface area contributed by atoms with Crippen molar-refractivity contribution >= 4 is 11.6 Å². The van der Waals surface area contributed by atoms with Crippen LogP contribution in [0, 0.1) is 19.8 Å². The lowest BCUT2D eigenvalue weighted by atomic mass is 9.95. The summed E-state index contributed by atoms with van der Waals surface area (Å²) in [6, 6.07) is 6.13. The molecule has 0 aliphatic carbocycles. The van der Waals surface area contributed by atoms with Gasteiger partial charge in [-0.25, -0.2) is 4.98 Å². The maximum Gasteiger partial charge on any atom is 0.227 e. The lowest BCUT2D eigenvalue weighted by Gasteiger charge is -2.23. The molecule has 0 saturated heterocycles. The van der Waals surface area contributed by atoms with Gasteiger partial charge in [-0.1, -0.05) is 12.1 Å². The minimum absolute atomic E-state index is 0.0408. The standard InChI is InChI=1S/C16H19N3O/c1-11-3-4-12(2)15(7-11)18-16(20)13-5-6-19-10-17-9-14(19)8-13/h3-4,7,9-10,13H,5-6,8H2,1-2H3,(H,18,20). The number of anilines is 1. The van der Waals surface area contributed by atoms with Crippen LogP contribution in [0.4, 0.5) is 5.69 Å². The number of aromatic nitrogens is 2. The molecular formula is C16H19N3O. The second-order valence-corrected chi connectivity index (χ2v) is 5.58. The van der Waals surface area contributed by atoms with E-state index in [4.69, 9.17) is 0 Å². The number of rotatable bonds is 2. The van der Waals surface area contributed by atoms with Gasteiger partial charge in [-0.15, -0.1) is 0 Å². The Labute approximate surface area is 118 Å². The number of hydrogen-bond acceptors (Lipinski definition) is 2. The number of benzene rings is 1. The summed E-state index contributed by atoms with van der Waals surface area (Å²) in [6.45, 7) is 4.93. The summed E-state index contributed by atoms with van der Waals surface area (Å²) in [5.41, 5.74) is 4.34. The Hall–Kier alpha value is -2.10. The Morgan fingerprint density at radius 2 is 2.25 bits per heavy atom. The highest BCUT2D eigenvalue weighted by Gasteiger charge is 2.25. The molecule has 1 aromatic heterocycles. The second-order valence-electron chi connectivity index (χ2n) is 5.58. The highest BCUT2D eigenvalue weighted by atomic mass is 16.1. The average molecular weight is 269 g/mol. The summed E-state index contributed by atoms with van der Waals surface area (Å²) >= 11 is 0. The van der Waals surface area contributed by atoms with Gasteiger partial charge in [0.2, 0.25) is 5.91 Å². The van der Waals surface area contributed by atoms with Gasteiger partial charge in [0.25, 0.3) is 0 Å². The SMILES string of the molecule is Cc1ccc(C)c(NC(=O)C2CCn3cncc3C2)c1. The molecule has 2 aromatic rings. The molecule has 20 heavy (non-hydrogen) atoms. The molecule has 0 fully saturated rings. The smallest absolute Gasteiger partial charge is 0.227 e. The molecule has 1 aliphatic rings. The van der Waals surface area contributed by atoms with Crippen LogP contribution in [0.5, 0.6) is 0 Å². The van der Waals surface area contributed by atoms with Crippen molar-refractivity contribution in [2.24, 2.45) is 5.92 Å². The summed E-state index contributed by atoms with van der Waals surface area (Å²) < 4.78 is 2.13. The highest BCUT2D eigenvalue weighted by molar-refractivity contribution is 5.93. The molecule has 1 amide bonds. The fraction of sp³-hybridized carbons (Fsp3) is 0.375. The van der Waals surface area contributed by atoms with Crippen LogP contribution in [0.2, 0.25) is 0 Å². The molecule has 1 aliphatic heterocycles. The Balaban J connectivity index is 1.73. The van der Waals surface area contributed by atoms with Gasteiger partial charge in [0, 0.05) is 36.5 Å². The van der Waals surface area contributed by atoms with E-state index in [2.05, 4.69) is 20.9 Å². The molecule has 0 bridgehead atoms. The number of amides is 1. The molecule has 4 nitrogen and oxygen atoms in total. The number of aryl methyl sites for hydroxylation is 3. The van der Waals surface area contributed by atoms with Crippen molar-refractivity contribution in [2.75, 3.05) is 5.32 Å². The van der Waals surface area contributed by atoms with Crippen LogP contribution in [0.1, 0.15) is 23.2 Å². The first kappa shape index (κ1) is 12.9. The first-order valence-electron chi connectivity index (χ1n) is 7.00. The minimum atomic E-state index is 0.0408. The van der Waals surface area contributed by atoms with E-state index in [-0.39, 0.29) is 11.8 Å². The molecule has 0 radical (unpaired) electrons. The van der Waals surface area contributed by atoms with Gasteiger partial charge >= 0.3 is 0 Å². The van der Waals surface area contributed by atoms with Crippen LogP contribution in [-0.4, -0.2) is 15.5 Å². The van der Waals surface area contributed by atoms with Crippen LogP contribution < -0.4 is 5.32 Å². The van der Waals surface area contributed by atoms with Crippen LogP contribution in [-0.2, 0) is 17.8 Å². The number of hydrogen-bond donors (Lipinski definition) is 1. The van der Waals surface area contributed by atoms with Crippen molar-refractivity contribution in [1.29, 1.82) is 0 Å². The Bertz CT molecular complexity index is 645. The van der Waals surface area contributed by atoms with E-state index in [1.807, 2.05) is 38.5 Å². The summed E-state index contributed by atoms with van der Waals surface area (Å²) in [5, 5.41) is 3.08. The number of fused-ring (bicyclic) bond motifs is 1. The molecule has 4 heteroatoms. The van der Waals surface area contributed by atoms with E-state index in [9.17, 15) is 4.79 Å². The van der Waals surface area contributed by atoms with Crippen LogP contribution in [0.25, 0.3) is 0 Å². The summed E-state index contributed by atoms with van der Waals surface area (Å²) in [5.74, 6) is 0.158. The maximum absolute atomic E-state index is 12.4. The fourth-order valence-electron chi connectivity index (χ4n) is 2.70. The maximum atomic E-state index is 12.4. The van der Waals surface area contributed by atoms with E-state index >= 15 is 0 Å². The summed E-state index contributed by atoms with van der Waals surface area (Å²) in [7, 11) is 0. The van der Waals surface area contributed by atoms with Crippen molar-refractivity contribution in [1.82, 2.24) is 9.55 Å². The Morgan fingerprint density at radius 3 is 3.10 bits per heavy atom. The fourth-order valence-corrected chi connectivity index (χ4v) is 2.70. The third kappa shape index (κ3) is 2.46. The number of nitrogens with zero attached hydrogens (tertiary/aromatic N) is 2. The van der Waals surface area contributed by atoms with E-state index in [1.54, 1.807) is 0 Å². The Morgan fingerprint density at radius 1 is 1.40 bits per heavy atom. The molecule has 104 valence electrons. The predicted octanol–water partition coefficient (Wildman–Crippen LogP) is 2.70. The molecule has 1 unspecified atom stereocenters. The number of carbonyl (C=O) groups is 1. The number of imidazole rings is 1. The van der Waals surface area contributed by atoms with Gasteiger partial charge in [-0.2, -0.15) is 0 Å². The summed E-state index contributed by atoms with van der Waals surface area (Å²) in [4.78, 5) is 16.6. The zero-order valence-corrected chi connectivity index (χ0v) is 11.9. The first-order chi connectivity index (χ1) is 9.63. The van der Waals surface area contributed by atoms with Gasteiger partial charge in [-0.05, 0) is 37.5 Å². The Kier molecular flexibility index (Phi) is 3.30. The zero-order valence-electron chi connectivity index (χ0n) is 11.9. The van der Waals surface area contributed by atoms with E-state index in [0.29, 0.717) is 0 Å². The van der Waals surface area contributed by atoms with E-state index < -0.39 is 0 Å². The van der Waals surface area contributed by atoms with Crippen molar-refractivity contribution < 1.29 is 4.79 Å². The predicted molar refractivity (Wildman–Crippen MR) is 78.6 cm³/mol. The van der Waals surface area contributed by atoms with E-state index in [0.717, 1.165) is 41.9 Å². The second kappa shape index (κ2) is 5.12. The van der Waals surface area contributed by atoms with Crippen LogP contribution in [0.15, 0.2) is 30.7 Å². The molecular weight excluding hydrogens is 250 g/mol. The summed E-state index contributed by atoms with van der Waals surface area (Å²) in [6.07, 6.45) is 5.35. The lowest BCUT2D eigenvalue weighted by Crippen LogP contribution is -2.30. The van der Waals surface area contributed by atoms with Gasteiger partial charge in [0.05, 0.1) is 6.33 Å². The van der Waals surface area contributed by atoms with E-state index in [1.165, 1.54) is 0 Å². The monoisotopic (exact) mass is 269 g/mol. The number of nitrogens with one attached hydrogen (secondary N) is 1.